The van der Waals surface area contributed by atoms with Gasteiger partial charge in [-0.1, -0.05) is 56.7 Å². The Morgan fingerprint density at radius 1 is 0.964 bits per heavy atom. The number of fused-ring (bicyclic) bond motifs is 3. The molecule has 1 fully saturated rings. The van der Waals surface area contributed by atoms with E-state index in [4.69, 9.17) is 9.40 Å². The molecule has 0 bridgehead atoms. The number of rotatable bonds is 3. The first kappa shape index (κ1) is 17.7. The molecular formula is C25H27NOSi. The molecule has 2 aromatic heterocycles. The Bertz CT molecular complexity index is 1160. The molecule has 4 aromatic rings. The van der Waals surface area contributed by atoms with Gasteiger partial charge in [0.25, 0.3) is 0 Å². The highest BCUT2D eigenvalue weighted by molar-refractivity contribution is 6.90. The van der Waals surface area contributed by atoms with Crippen LogP contribution in [0.2, 0.25) is 19.6 Å². The minimum absolute atomic E-state index is 0.689. The Morgan fingerprint density at radius 2 is 1.75 bits per heavy atom. The summed E-state index contributed by atoms with van der Waals surface area (Å²) in [5.74, 6) is 0.689. The van der Waals surface area contributed by atoms with Crippen LogP contribution in [0.4, 0.5) is 0 Å². The van der Waals surface area contributed by atoms with E-state index in [1.54, 1.807) is 0 Å². The molecule has 1 saturated carbocycles. The summed E-state index contributed by atoms with van der Waals surface area (Å²) in [4.78, 5) is 4.74. The largest absolute Gasteiger partial charge is 0.455 e. The molecule has 0 radical (unpaired) electrons. The van der Waals surface area contributed by atoms with Gasteiger partial charge in [-0.2, -0.15) is 0 Å². The maximum Gasteiger partial charge on any atom is 0.144 e. The number of nitrogens with zero attached hydrogens (tertiary/aromatic N) is 1. The van der Waals surface area contributed by atoms with E-state index in [0.717, 1.165) is 22.4 Å². The van der Waals surface area contributed by atoms with Crippen molar-refractivity contribution in [1.29, 1.82) is 0 Å². The van der Waals surface area contributed by atoms with Gasteiger partial charge in [0.1, 0.15) is 11.2 Å². The smallest absolute Gasteiger partial charge is 0.144 e. The predicted octanol–water partition coefficient (Wildman–Crippen LogP) is 6.85. The molecule has 0 atom stereocenters. The summed E-state index contributed by atoms with van der Waals surface area (Å²) >= 11 is 0. The van der Waals surface area contributed by atoms with Crippen LogP contribution in [0.25, 0.3) is 33.2 Å². The van der Waals surface area contributed by atoms with Crippen molar-refractivity contribution in [2.45, 2.75) is 51.2 Å². The average molecular weight is 386 g/mol. The van der Waals surface area contributed by atoms with Crippen LogP contribution >= 0.6 is 0 Å². The fraction of sp³-hybridized carbons (Fsp3) is 0.320. The molecule has 0 spiro atoms. The van der Waals surface area contributed by atoms with Crippen LogP contribution in [0.1, 0.15) is 37.2 Å². The molecule has 1 aliphatic carbocycles. The first-order valence-electron chi connectivity index (χ1n) is 10.4. The van der Waals surface area contributed by atoms with Crippen molar-refractivity contribution in [3.8, 4) is 11.3 Å². The van der Waals surface area contributed by atoms with Crippen LogP contribution in [0.5, 0.6) is 0 Å². The highest BCUT2D eigenvalue weighted by Crippen LogP contribution is 2.38. The molecule has 0 saturated heterocycles. The summed E-state index contributed by atoms with van der Waals surface area (Å²) in [6.45, 7) is 7.21. The van der Waals surface area contributed by atoms with Crippen molar-refractivity contribution in [2.75, 3.05) is 0 Å². The standard InChI is InChI=1S/C25H27NOSi/c1-28(2,3)23-13-12-19(25-24(23)20-10-6-7-11-22(20)27-25)21-16-18(14-15-26-21)17-8-4-5-9-17/h6-7,10-17H,4-5,8-9H2,1-3H3. The predicted molar refractivity (Wildman–Crippen MR) is 121 cm³/mol. The van der Waals surface area contributed by atoms with Gasteiger partial charge in [0.05, 0.1) is 13.8 Å². The normalized spacial score (nSPS) is 15.7. The van der Waals surface area contributed by atoms with E-state index in [1.165, 1.54) is 47.2 Å². The summed E-state index contributed by atoms with van der Waals surface area (Å²) in [6, 6.07) is 17.5. The maximum absolute atomic E-state index is 6.42. The number of aromatic nitrogens is 1. The number of hydrogen-bond donors (Lipinski definition) is 0. The lowest BCUT2D eigenvalue weighted by Crippen LogP contribution is -2.37. The van der Waals surface area contributed by atoms with Gasteiger partial charge in [-0.05, 0) is 53.8 Å². The molecule has 2 nitrogen and oxygen atoms in total. The SMILES string of the molecule is C[Si](C)(C)c1ccc(-c2cc(C3CCCC3)ccn2)c2oc3ccccc3c12. The average Bonchev–Trinajstić information content (AvgIpc) is 3.35. The lowest BCUT2D eigenvalue weighted by atomic mass is 9.96. The zero-order chi connectivity index (χ0) is 19.3. The van der Waals surface area contributed by atoms with E-state index in [-0.39, 0.29) is 0 Å². The van der Waals surface area contributed by atoms with Gasteiger partial charge >= 0.3 is 0 Å². The van der Waals surface area contributed by atoms with Crippen LogP contribution in [0.3, 0.4) is 0 Å². The van der Waals surface area contributed by atoms with Crippen molar-refractivity contribution in [2.24, 2.45) is 0 Å². The summed E-state index contributed by atoms with van der Waals surface area (Å²) in [6.07, 6.45) is 7.28. The van der Waals surface area contributed by atoms with Gasteiger partial charge in [0.15, 0.2) is 0 Å². The minimum Gasteiger partial charge on any atom is -0.455 e. The third-order valence-electron chi connectivity index (χ3n) is 6.22. The Kier molecular flexibility index (Phi) is 4.16. The number of pyridine rings is 1. The summed E-state index contributed by atoms with van der Waals surface area (Å²) in [5, 5.41) is 3.98. The van der Waals surface area contributed by atoms with Crippen molar-refractivity contribution in [1.82, 2.24) is 4.98 Å². The molecule has 142 valence electrons. The van der Waals surface area contributed by atoms with Crippen LogP contribution < -0.4 is 5.19 Å². The third-order valence-corrected chi connectivity index (χ3v) is 8.25. The van der Waals surface area contributed by atoms with E-state index in [9.17, 15) is 0 Å². The van der Waals surface area contributed by atoms with Crippen molar-refractivity contribution in [3.05, 3.63) is 60.3 Å². The second-order valence-electron chi connectivity index (χ2n) is 9.17. The fourth-order valence-corrected chi connectivity index (χ4v) is 6.34. The topological polar surface area (TPSA) is 26.0 Å². The highest BCUT2D eigenvalue weighted by atomic mass is 28.3. The Labute approximate surface area is 167 Å². The molecule has 0 aliphatic heterocycles. The summed E-state index contributed by atoms with van der Waals surface area (Å²) in [7, 11) is -1.52. The quantitative estimate of drug-likeness (QED) is 0.360. The first-order chi connectivity index (χ1) is 13.5. The number of para-hydroxylation sites is 1. The molecule has 5 rings (SSSR count). The van der Waals surface area contributed by atoms with Crippen molar-refractivity contribution < 1.29 is 4.42 Å². The zero-order valence-electron chi connectivity index (χ0n) is 17.0. The van der Waals surface area contributed by atoms with Gasteiger partial charge in [0.2, 0.25) is 0 Å². The van der Waals surface area contributed by atoms with Gasteiger partial charge in [-0.3, -0.25) is 4.98 Å². The van der Waals surface area contributed by atoms with Gasteiger partial charge in [0, 0.05) is 22.5 Å². The second-order valence-corrected chi connectivity index (χ2v) is 14.2. The lowest BCUT2D eigenvalue weighted by molar-refractivity contribution is 0.670. The van der Waals surface area contributed by atoms with Crippen LogP contribution in [0.15, 0.2) is 59.1 Å². The van der Waals surface area contributed by atoms with Crippen molar-refractivity contribution in [3.63, 3.8) is 0 Å². The molecule has 2 aromatic carbocycles. The van der Waals surface area contributed by atoms with Crippen molar-refractivity contribution >= 4 is 35.2 Å². The molecule has 28 heavy (non-hydrogen) atoms. The number of hydrogen-bond acceptors (Lipinski definition) is 2. The number of benzene rings is 2. The van der Waals surface area contributed by atoms with Crippen LogP contribution in [-0.4, -0.2) is 13.1 Å². The van der Waals surface area contributed by atoms with Gasteiger partial charge in [-0.15, -0.1) is 0 Å². The molecule has 0 unspecified atom stereocenters. The number of furan rings is 1. The first-order valence-corrected chi connectivity index (χ1v) is 13.9. The lowest BCUT2D eigenvalue weighted by Gasteiger charge is -2.19. The summed E-state index contributed by atoms with van der Waals surface area (Å²) in [5.41, 5.74) is 5.55. The maximum atomic E-state index is 6.42. The summed E-state index contributed by atoms with van der Waals surface area (Å²) < 4.78 is 6.42. The van der Waals surface area contributed by atoms with Crippen LogP contribution in [-0.2, 0) is 0 Å². The zero-order valence-corrected chi connectivity index (χ0v) is 18.0. The molecule has 0 amide bonds. The Hall–Kier alpha value is -2.39. The van der Waals surface area contributed by atoms with E-state index < -0.39 is 8.07 Å². The molecular weight excluding hydrogens is 358 g/mol. The third kappa shape index (κ3) is 2.89. The Balaban J connectivity index is 1.76. The molecule has 2 heterocycles. The minimum atomic E-state index is -1.52. The molecule has 1 aliphatic rings. The van der Waals surface area contributed by atoms with Gasteiger partial charge in [-0.25, -0.2) is 0 Å². The monoisotopic (exact) mass is 385 g/mol. The van der Waals surface area contributed by atoms with E-state index in [0.29, 0.717) is 5.92 Å². The fourth-order valence-electron chi connectivity index (χ4n) is 4.76. The second kappa shape index (κ2) is 6.59. The van der Waals surface area contributed by atoms with Gasteiger partial charge < -0.3 is 4.42 Å². The molecule has 3 heteroatoms. The van der Waals surface area contributed by atoms with E-state index >= 15 is 0 Å². The van der Waals surface area contributed by atoms with Crippen LogP contribution in [0, 0.1) is 0 Å². The van der Waals surface area contributed by atoms with E-state index in [2.05, 4.69) is 68.2 Å². The molecule has 0 N–H and O–H groups in total. The Morgan fingerprint density at radius 3 is 2.54 bits per heavy atom. The highest BCUT2D eigenvalue weighted by Gasteiger charge is 2.25. The van der Waals surface area contributed by atoms with E-state index in [1.807, 2.05) is 6.20 Å².